The minimum atomic E-state index is -0.611. The summed E-state index contributed by atoms with van der Waals surface area (Å²) in [6, 6.07) is 102. The molecular weight excluding hydrogens is 831 g/mol. The van der Waals surface area contributed by atoms with Crippen molar-refractivity contribution in [2.24, 2.45) is 0 Å². The number of benzene rings is 11. The Morgan fingerprint density at radius 3 is 1.10 bits per heavy atom. The Labute approximate surface area is 403 Å². The summed E-state index contributed by atoms with van der Waals surface area (Å²) in [6.45, 7) is 0. The van der Waals surface area contributed by atoms with Crippen LogP contribution in [0.3, 0.4) is 0 Å². The third-order valence-corrected chi connectivity index (χ3v) is 15.4. The van der Waals surface area contributed by atoms with Gasteiger partial charge >= 0.3 is 0 Å². The van der Waals surface area contributed by atoms with Gasteiger partial charge in [-0.25, -0.2) is 0 Å². The van der Waals surface area contributed by atoms with E-state index in [2.05, 4.69) is 278 Å². The van der Waals surface area contributed by atoms with E-state index in [1.165, 1.54) is 94.6 Å². The van der Waals surface area contributed by atoms with Crippen molar-refractivity contribution in [2.75, 3.05) is 4.90 Å². The Bertz CT molecular complexity index is 3700. The van der Waals surface area contributed by atoms with E-state index >= 15 is 0 Å². The molecular formula is C68H45N. The molecule has 11 aromatic rings. The summed E-state index contributed by atoms with van der Waals surface area (Å²) in [5.74, 6) is 0. The average Bonchev–Trinajstić information content (AvgIpc) is 3.89. The predicted octanol–water partition coefficient (Wildman–Crippen LogP) is 17.2. The van der Waals surface area contributed by atoms with E-state index in [4.69, 9.17) is 0 Å². The van der Waals surface area contributed by atoms with Crippen molar-refractivity contribution < 1.29 is 0 Å². The lowest BCUT2D eigenvalue weighted by molar-refractivity contribution is 0.633. The maximum atomic E-state index is 2.57. The third-order valence-electron chi connectivity index (χ3n) is 15.4. The summed E-state index contributed by atoms with van der Waals surface area (Å²) in [7, 11) is 0. The first-order chi connectivity index (χ1) is 34.2. The van der Waals surface area contributed by atoms with Crippen LogP contribution in [0.1, 0.15) is 44.5 Å². The molecule has 0 radical (unpaired) electrons. The first kappa shape index (κ1) is 39.4. The monoisotopic (exact) mass is 875 g/mol. The van der Waals surface area contributed by atoms with Crippen LogP contribution in [0.2, 0.25) is 0 Å². The first-order valence-corrected chi connectivity index (χ1v) is 24.1. The van der Waals surface area contributed by atoms with Crippen molar-refractivity contribution in [3.05, 3.63) is 317 Å². The lowest BCUT2D eigenvalue weighted by atomic mass is 9.52. The van der Waals surface area contributed by atoms with Gasteiger partial charge in [0, 0.05) is 16.9 Å². The van der Waals surface area contributed by atoms with Crippen LogP contribution in [-0.4, -0.2) is 0 Å². The van der Waals surface area contributed by atoms with Gasteiger partial charge in [-0.15, -0.1) is 0 Å². The van der Waals surface area contributed by atoms with Crippen molar-refractivity contribution in [1.29, 1.82) is 0 Å². The van der Waals surface area contributed by atoms with Crippen molar-refractivity contribution in [2.45, 2.75) is 10.8 Å². The van der Waals surface area contributed by atoms with Gasteiger partial charge < -0.3 is 4.90 Å². The second-order valence-electron chi connectivity index (χ2n) is 18.7. The van der Waals surface area contributed by atoms with E-state index in [-0.39, 0.29) is 0 Å². The van der Waals surface area contributed by atoms with Gasteiger partial charge in [0.25, 0.3) is 0 Å². The largest absolute Gasteiger partial charge is 0.310 e. The van der Waals surface area contributed by atoms with Crippen LogP contribution in [-0.2, 0) is 10.8 Å². The molecule has 0 bridgehead atoms. The van der Waals surface area contributed by atoms with E-state index in [0.717, 1.165) is 22.6 Å². The summed E-state index contributed by atoms with van der Waals surface area (Å²) in [5.41, 5.74) is 25.0. The molecule has 0 aromatic heterocycles. The number of nitrogens with zero attached hydrogens (tertiary/aromatic N) is 1. The number of rotatable bonds is 6. The van der Waals surface area contributed by atoms with Gasteiger partial charge in [-0.2, -0.15) is 0 Å². The van der Waals surface area contributed by atoms with E-state index in [1.807, 2.05) is 0 Å². The molecule has 0 atom stereocenters. The molecule has 3 aliphatic carbocycles. The topological polar surface area (TPSA) is 3.24 Å². The zero-order chi connectivity index (χ0) is 45.5. The van der Waals surface area contributed by atoms with Gasteiger partial charge in [-0.1, -0.05) is 243 Å². The van der Waals surface area contributed by atoms with E-state index in [1.54, 1.807) is 0 Å². The molecule has 2 spiro atoms. The van der Waals surface area contributed by atoms with Crippen LogP contribution in [0.5, 0.6) is 0 Å². The Hall–Kier alpha value is -8.78. The first-order valence-electron chi connectivity index (χ1n) is 24.1. The molecule has 0 amide bonds. The zero-order valence-corrected chi connectivity index (χ0v) is 37.9. The van der Waals surface area contributed by atoms with Crippen LogP contribution in [0.25, 0.3) is 55.6 Å². The summed E-state index contributed by atoms with van der Waals surface area (Å²) in [4.78, 5) is 2.51. The highest BCUT2D eigenvalue weighted by Crippen LogP contribution is 2.68. The van der Waals surface area contributed by atoms with Gasteiger partial charge in [-0.3, -0.25) is 0 Å². The Balaban J connectivity index is 1.07. The van der Waals surface area contributed by atoms with Gasteiger partial charge in [0.15, 0.2) is 0 Å². The number of fused-ring (bicyclic) bond motifs is 16. The lowest BCUT2D eigenvalue weighted by Gasteiger charge is -2.49. The summed E-state index contributed by atoms with van der Waals surface area (Å²) < 4.78 is 0. The highest BCUT2D eigenvalue weighted by molar-refractivity contribution is 5.96. The molecule has 0 heterocycles. The fourth-order valence-corrected chi connectivity index (χ4v) is 12.6. The number of anilines is 3. The molecule has 1 heteroatoms. The van der Waals surface area contributed by atoms with Crippen molar-refractivity contribution in [3.63, 3.8) is 0 Å². The summed E-state index contributed by atoms with van der Waals surface area (Å²) >= 11 is 0. The molecule has 0 saturated heterocycles. The molecule has 14 rings (SSSR count). The molecule has 0 N–H and O–H groups in total. The normalized spacial score (nSPS) is 13.7. The van der Waals surface area contributed by atoms with E-state index < -0.39 is 10.8 Å². The molecule has 0 fully saturated rings. The van der Waals surface area contributed by atoms with Crippen LogP contribution < -0.4 is 4.90 Å². The van der Waals surface area contributed by atoms with Crippen LogP contribution in [0.15, 0.2) is 273 Å². The second-order valence-corrected chi connectivity index (χ2v) is 18.7. The van der Waals surface area contributed by atoms with Crippen LogP contribution in [0.4, 0.5) is 17.1 Å². The van der Waals surface area contributed by atoms with Gasteiger partial charge in [0.1, 0.15) is 0 Å². The molecule has 69 heavy (non-hydrogen) atoms. The quantitative estimate of drug-likeness (QED) is 0.161. The van der Waals surface area contributed by atoms with E-state index in [9.17, 15) is 0 Å². The molecule has 11 aromatic carbocycles. The van der Waals surface area contributed by atoms with Gasteiger partial charge in [0.05, 0.1) is 16.5 Å². The second kappa shape index (κ2) is 15.4. The predicted molar refractivity (Wildman–Crippen MR) is 286 cm³/mol. The SMILES string of the molecule is c1ccc(-c2ccc(-c3cccc(N(c4ccc5c(c4)C4(c6ccccc6-c6ccccc64)c4ccccc4C54c5ccccc5-c5ccccc54)c4ccccc4-c4ccccc4)c3)cc2)cc1. The summed E-state index contributed by atoms with van der Waals surface area (Å²) in [6.07, 6.45) is 0. The minimum absolute atomic E-state index is 0.562. The fraction of sp³-hybridized carbons (Fsp3) is 0.0294. The number of para-hydroxylation sites is 1. The maximum Gasteiger partial charge on any atom is 0.0720 e. The van der Waals surface area contributed by atoms with Gasteiger partial charge in [-0.05, 0) is 125 Å². The fourth-order valence-electron chi connectivity index (χ4n) is 12.6. The van der Waals surface area contributed by atoms with Crippen LogP contribution in [0, 0.1) is 0 Å². The highest BCUT2D eigenvalue weighted by Gasteiger charge is 2.59. The van der Waals surface area contributed by atoms with Crippen LogP contribution >= 0.6 is 0 Å². The van der Waals surface area contributed by atoms with Crippen molar-refractivity contribution in [3.8, 4) is 55.6 Å². The highest BCUT2D eigenvalue weighted by atomic mass is 15.1. The standard InChI is InChI=1S/C68H45N/c1-3-20-46(21-4-1)47-38-40-48(41-39-47)50-24-19-25-51(44-50)69(66-37-18-11-26-53(66)49-22-5-2-6-23-49)52-42-43-64-65(45-52)68(60-33-14-9-29-56(60)57-30-10-15-34-61(57)68)63-36-17-16-35-62(63)67(64)58-31-12-7-27-54(58)55-28-8-13-32-59(55)67/h1-45H. The number of hydrogen-bond donors (Lipinski definition) is 0. The Morgan fingerprint density at radius 2 is 0.565 bits per heavy atom. The zero-order valence-electron chi connectivity index (χ0n) is 37.9. The molecule has 1 nitrogen and oxygen atoms in total. The van der Waals surface area contributed by atoms with Gasteiger partial charge in [0.2, 0.25) is 0 Å². The molecule has 322 valence electrons. The number of hydrogen-bond acceptors (Lipinski definition) is 1. The molecule has 3 aliphatic rings. The smallest absolute Gasteiger partial charge is 0.0720 e. The molecule has 0 unspecified atom stereocenters. The van der Waals surface area contributed by atoms with Crippen molar-refractivity contribution in [1.82, 2.24) is 0 Å². The molecule has 0 saturated carbocycles. The Kier molecular flexibility index (Phi) is 8.78. The minimum Gasteiger partial charge on any atom is -0.310 e. The van der Waals surface area contributed by atoms with Crippen molar-refractivity contribution >= 4 is 17.1 Å². The molecule has 0 aliphatic heterocycles. The summed E-state index contributed by atoms with van der Waals surface area (Å²) in [5, 5.41) is 0. The average molecular weight is 876 g/mol. The Morgan fingerprint density at radius 1 is 0.203 bits per heavy atom. The maximum absolute atomic E-state index is 2.57. The van der Waals surface area contributed by atoms with E-state index in [0.29, 0.717) is 0 Å². The lowest BCUT2D eigenvalue weighted by Crippen LogP contribution is -2.43. The third kappa shape index (κ3) is 5.59.